The van der Waals surface area contributed by atoms with Gasteiger partial charge in [0.2, 0.25) is 0 Å². The molecule has 4 atom stereocenters. The van der Waals surface area contributed by atoms with E-state index in [1.165, 1.54) is 14.2 Å². The van der Waals surface area contributed by atoms with E-state index in [1.54, 1.807) is 24.3 Å². The van der Waals surface area contributed by atoms with Crippen LogP contribution in [-0.2, 0) is 39.9 Å². The van der Waals surface area contributed by atoms with E-state index in [4.69, 9.17) is 18.9 Å². The molecule has 1 aromatic carbocycles. The first-order valence-corrected chi connectivity index (χ1v) is 8.63. The van der Waals surface area contributed by atoms with Gasteiger partial charge in [0.05, 0.1) is 45.1 Å². The van der Waals surface area contributed by atoms with Crippen molar-refractivity contribution in [1.29, 1.82) is 0 Å². The number of benzene rings is 1. The van der Waals surface area contributed by atoms with Gasteiger partial charge in [-0.25, -0.2) is 4.79 Å². The lowest BCUT2D eigenvalue weighted by atomic mass is 9.93. The zero-order valence-corrected chi connectivity index (χ0v) is 15.9. The quantitative estimate of drug-likeness (QED) is 0.563. The largest absolute Gasteiger partial charge is 0.469 e. The summed E-state index contributed by atoms with van der Waals surface area (Å²) in [7, 11) is 3.53. The van der Waals surface area contributed by atoms with Crippen molar-refractivity contribution in [2.45, 2.75) is 19.1 Å². The highest BCUT2D eigenvalue weighted by molar-refractivity contribution is 5.87. The van der Waals surface area contributed by atoms with Crippen molar-refractivity contribution in [3.63, 3.8) is 0 Å². The number of rotatable bonds is 6. The number of alkyl carbamates (subject to hydrolysis) is 1. The van der Waals surface area contributed by atoms with E-state index in [0.29, 0.717) is 0 Å². The van der Waals surface area contributed by atoms with Gasteiger partial charge in [-0.15, -0.1) is 0 Å². The van der Waals surface area contributed by atoms with Crippen molar-refractivity contribution >= 4 is 24.0 Å². The maximum Gasteiger partial charge on any atom is 0.407 e. The highest BCUT2D eigenvalue weighted by atomic mass is 16.6. The lowest BCUT2D eigenvalue weighted by Gasteiger charge is -2.24. The van der Waals surface area contributed by atoms with Gasteiger partial charge in [0.15, 0.2) is 0 Å². The summed E-state index contributed by atoms with van der Waals surface area (Å²) in [5, 5.41) is 2.52. The van der Waals surface area contributed by atoms with Gasteiger partial charge in [-0.3, -0.25) is 14.4 Å². The lowest BCUT2D eigenvalue weighted by molar-refractivity contribution is -0.156. The first-order valence-electron chi connectivity index (χ1n) is 8.63. The van der Waals surface area contributed by atoms with Crippen LogP contribution < -0.4 is 5.32 Å². The monoisotopic (exact) mass is 393 g/mol. The molecule has 2 rings (SSSR count). The number of nitrogens with one attached hydrogen (secondary N) is 1. The molecular formula is C19H23NO8. The first-order chi connectivity index (χ1) is 13.4. The number of hydrogen-bond acceptors (Lipinski definition) is 8. The third-order valence-corrected chi connectivity index (χ3v) is 4.74. The number of carbonyl (C=O) groups excluding carboxylic acids is 4. The Balaban J connectivity index is 2.18. The van der Waals surface area contributed by atoms with E-state index in [-0.39, 0.29) is 13.0 Å². The standard InChI is InChI=1S/C19H23NO8/c1-25-16(21)12-9-13(17(22)26-2)15(14(12)18(23)27-3)20-19(24)28-10-11-7-5-4-6-8-11/h4-8,12-15H,9-10H2,1-3H3,(H,20,24)/t12-,13+,14-,15-/m0/s1. The number of carbonyl (C=O) groups is 4. The summed E-state index contributed by atoms with van der Waals surface area (Å²) in [5.41, 5.74) is 0.769. The molecule has 1 saturated carbocycles. The van der Waals surface area contributed by atoms with E-state index >= 15 is 0 Å². The van der Waals surface area contributed by atoms with E-state index < -0.39 is 47.8 Å². The molecule has 1 amide bonds. The molecule has 1 aliphatic carbocycles. The molecule has 0 unspecified atom stereocenters. The summed E-state index contributed by atoms with van der Waals surface area (Å²) < 4.78 is 19.4. The highest BCUT2D eigenvalue weighted by Gasteiger charge is 2.55. The van der Waals surface area contributed by atoms with Crippen molar-refractivity contribution in [2.75, 3.05) is 21.3 Å². The van der Waals surface area contributed by atoms with Gasteiger partial charge < -0.3 is 24.3 Å². The molecule has 0 heterocycles. The molecule has 0 aromatic heterocycles. The summed E-state index contributed by atoms with van der Waals surface area (Å²) in [6.45, 7) is 0.00556. The lowest BCUT2D eigenvalue weighted by Crippen LogP contribution is -2.48. The highest BCUT2D eigenvalue weighted by Crippen LogP contribution is 2.39. The average molecular weight is 393 g/mol. The zero-order valence-electron chi connectivity index (χ0n) is 15.9. The minimum Gasteiger partial charge on any atom is -0.469 e. The number of amides is 1. The predicted octanol–water partition coefficient (Wildman–Crippen LogP) is 1.05. The van der Waals surface area contributed by atoms with Gasteiger partial charge in [-0.05, 0) is 12.0 Å². The van der Waals surface area contributed by atoms with E-state index in [9.17, 15) is 19.2 Å². The van der Waals surface area contributed by atoms with Crippen LogP contribution in [0.25, 0.3) is 0 Å². The maximum absolute atomic E-state index is 12.3. The van der Waals surface area contributed by atoms with Crippen molar-refractivity contribution in [3.05, 3.63) is 35.9 Å². The van der Waals surface area contributed by atoms with E-state index in [0.717, 1.165) is 12.7 Å². The second-order valence-electron chi connectivity index (χ2n) is 6.28. The molecule has 152 valence electrons. The molecule has 0 radical (unpaired) electrons. The molecule has 1 aromatic rings. The van der Waals surface area contributed by atoms with Crippen molar-refractivity contribution in [3.8, 4) is 0 Å². The molecule has 0 spiro atoms. The van der Waals surface area contributed by atoms with E-state index in [1.807, 2.05) is 6.07 Å². The van der Waals surface area contributed by atoms with Crippen LogP contribution in [0.2, 0.25) is 0 Å². The molecule has 9 nitrogen and oxygen atoms in total. The fraction of sp³-hybridized carbons (Fsp3) is 0.474. The van der Waals surface area contributed by atoms with Gasteiger partial charge in [-0.1, -0.05) is 30.3 Å². The Morgan fingerprint density at radius 1 is 0.893 bits per heavy atom. The maximum atomic E-state index is 12.3. The summed E-state index contributed by atoms with van der Waals surface area (Å²) in [6, 6.07) is 7.96. The van der Waals surface area contributed by atoms with Crippen LogP contribution >= 0.6 is 0 Å². The number of methoxy groups -OCH3 is 3. The smallest absolute Gasteiger partial charge is 0.407 e. The van der Waals surface area contributed by atoms with Crippen LogP contribution in [0.3, 0.4) is 0 Å². The van der Waals surface area contributed by atoms with Crippen LogP contribution in [0, 0.1) is 17.8 Å². The fourth-order valence-electron chi connectivity index (χ4n) is 3.39. The van der Waals surface area contributed by atoms with Gasteiger partial charge in [-0.2, -0.15) is 0 Å². The molecule has 1 N–H and O–H groups in total. The summed E-state index contributed by atoms with van der Waals surface area (Å²) in [4.78, 5) is 48.9. The molecule has 0 bridgehead atoms. The summed E-state index contributed by atoms with van der Waals surface area (Å²) in [5.74, 6) is -5.07. The van der Waals surface area contributed by atoms with Gasteiger partial charge in [0.25, 0.3) is 0 Å². The third kappa shape index (κ3) is 4.79. The zero-order chi connectivity index (χ0) is 20.7. The van der Waals surface area contributed by atoms with Crippen LogP contribution in [0.1, 0.15) is 12.0 Å². The Morgan fingerprint density at radius 2 is 1.46 bits per heavy atom. The second kappa shape index (κ2) is 9.72. The normalized spacial score (nSPS) is 23.4. The Morgan fingerprint density at radius 3 is 2.04 bits per heavy atom. The minimum absolute atomic E-state index is 0.00556. The molecular weight excluding hydrogens is 370 g/mol. The fourth-order valence-corrected chi connectivity index (χ4v) is 3.39. The molecule has 9 heteroatoms. The molecule has 28 heavy (non-hydrogen) atoms. The average Bonchev–Trinajstić information content (AvgIpc) is 3.10. The molecule has 0 aliphatic heterocycles. The predicted molar refractivity (Wildman–Crippen MR) is 94.7 cm³/mol. The van der Waals surface area contributed by atoms with Gasteiger partial charge in [0, 0.05) is 0 Å². The van der Waals surface area contributed by atoms with Crippen LogP contribution in [0.5, 0.6) is 0 Å². The van der Waals surface area contributed by atoms with Crippen LogP contribution in [0.15, 0.2) is 30.3 Å². The first kappa shape index (κ1) is 21.2. The third-order valence-electron chi connectivity index (χ3n) is 4.74. The Bertz CT molecular complexity index is 720. The molecule has 0 saturated heterocycles. The molecule has 1 aliphatic rings. The molecule has 1 fully saturated rings. The summed E-state index contributed by atoms with van der Waals surface area (Å²) >= 11 is 0. The Labute approximate surface area is 162 Å². The van der Waals surface area contributed by atoms with E-state index in [2.05, 4.69) is 5.32 Å². The SMILES string of the molecule is COC(=O)[C@@H]1[C@@H](NC(=O)OCc2ccccc2)[C@H](C(=O)OC)C[C@@H]1C(=O)OC. The summed E-state index contributed by atoms with van der Waals surface area (Å²) in [6.07, 6.45) is -0.856. The second-order valence-corrected chi connectivity index (χ2v) is 6.28. The van der Waals surface area contributed by atoms with Crippen molar-refractivity contribution in [2.24, 2.45) is 17.8 Å². The number of hydrogen-bond donors (Lipinski definition) is 1. The number of esters is 3. The Kier molecular flexibility index (Phi) is 7.36. The number of ether oxygens (including phenoxy) is 4. The van der Waals surface area contributed by atoms with Crippen molar-refractivity contribution in [1.82, 2.24) is 5.32 Å². The van der Waals surface area contributed by atoms with Crippen molar-refractivity contribution < 1.29 is 38.1 Å². The van der Waals surface area contributed by atoms with Gasteiger partial charge in [0.1, 0.15) is 6.61 Å². The van der Waals surface area contributed by atoms with Crippen LogP contribution in [-0.4, -0.2) is 51.4 Å². The minimum atomic E-state index is -1.11. The van der Waals surface area contributed by atoms with Gasteiger partial charge >= 0.3 is 24.0 Å². The van der Waals surface area contributed by atoms with Crippen LogP contribution in [0.4, 0.5) is 4.79 Å². The topological polar surface area (TPSA) is 117 Å². The Hall–Kier alpha value is -3.10.